The molecule has 1 aromatic carbocycles. The first-order valence-electron chi connectivity index (χ1n) is 4.66. The summed E-state index contributed by atoms with van der Waals surface area (Å²) in [5.74, 6) is -0.550. The minimum absolute atomic E-state index is 0.107. The van der Waals surface area contributed by atoms with Crippen LogP contribution < -0.4 is 4.74 Å². The van der Waals surface area contributed by atoms with Gasteiger partial charge in [-0.1, -0.05) is 6.07 Å². The van der Waals surface area contributed by atoms with E-state index < -0.39 is 11.8 Å². The van der Waals surface area contributed by atoms with Crippen LogP contribution in [0.1, 0.15) is 12.5 Å². The highest BCUT2D eigenvalue weighted by Gasteiger charge is 2.13. The summed E-state index contributed by atoms with van der Waals surface area (Å²) in [7, 11) is 1.43. The summed E-state index contributed by atoms with van der Waals surface area (Å²) in [6.07, 6.45) is -0.107. The van der Waals surface area contributed by atoms with E-state index in [-0.39, 0.29) is 18.6 Å². The molecule has 0 N–H and O–H groups in total. The van der Waals surface area contributed by atoms with Crippen molar-refractivity contribution in [3.8, 4) is 5.75 Å². The Morgan fingerprint density at radius 2 is 2.20 bits per heavy atom. The molecule has 0 fully saturated rings. The zero-order valence-corrected chi connectivity index (χ0v) is 8.75. The van der Waals surface area contributed by atoms with Crippen LogP contribution in [0, 0.1) is 5.82 Å². The summed E-state index contributed by atoms with van der Waals surface area (Å²) < 4.78 is 23.0. The average molecular weight is 212 g/mol. The van der Waals surface area contributed by atoms with Gasteiger partial charge in [-0.05, 0) is 19.1 Å². The predicted molar refractivity (Wildman–Crippen MR) is 53.3 cm³/mol. The average Bonchev–Trinajstić information content (AvgIpc) is 2.21. The topological polar surface area (TPSA) is 35.5 Å². The molecule has 1 aromatic rings. The number of carbonyl (C=O) groups excluding carboxylic acids is 1. The molecule has 0 radical (unpaired) electrons. The van der Waals surface area contributed by atoms with Crippen molar-refractivity contribution in [3.05, 3.63) is 29.6 Å². The summed E-state index contributed by atoms with van der Waals surface area (Å²) >= 11 is 0. The number of benzene rings is 1. The highest BCUT2D eigenvalue weighted by atomic mass is 19.1. The van der Waals surface area contributed by atoms with Gasteiger partial charge in [-0.25, -0.2) is 4.39 Å². The lowest BCUT2D eigenvalue weighted by molar-refractivity contribution is -0.142. The number of esters is 1. The second-order valence-corrected chi connectivity index (χ2v) is 2.90. The normalized spacial score (nSPS) is 9.80. The fourth-order valence-electron chi connectivity index (χ4n) is 1.26. The van der Waals surface area contributed by atoms with Crippen LogP contribution in [0.4, 0.5) is 4.39 Å². The second-order valence-electron chi connectivity index (χ2n) is 2.90. The van der Waals surface area contributed by atoms with E-state index in [0.29, 0.717) is 5.75 Å². The molecule has 0 saturated heterocycles. The summed E-state index contributed by atoms with van der Waals surface area (Å²) in [5, 5.41) is 0. The first-order valence-corrected chi connectivity index (χ1v) is 4.66. The number of ether oxygens (including phenoxy) is 2. The van der Waals surface area contributed by atoms with E-state index in [0.717, 1.165) is 0 Å². The molecule has 0 amide bonds. The Morgan fingerprint density at radius 3 is 2.80 bits per heavy atom. The summed E-state index contributed by atoms with van der Waals surface area (Å²) in [5.41, 5.74) is 0.235. The van der Waals surface area contributed by atoms with E-state index in [1.807, 2.05) is 0 Å². The summed E-state index contributed by atoms with van der Waals surface area (Å²) in [6.45, 7) is 1.99. The van der Waals surface area contributed by atoms with Crippen molar-refractivity contribution in [1.29, 1.82) is 0 Å². The van der Waals surface area contributed by atoms with Gasteiger partial charge in [0.1, 0.15) is 11.6 Å². The van der Waals surface area contributed by atoms with Crippen LogP contribution in [0.5, 0.6) is 5.75 Å². The molecule has 4 heteroatoms. The van der Waals surface area contributed by atoms with Gasteiger partial charge in [0.25, 0.3) is 0 Å². The molecular formula is C11H13FO3. The molecule has 0 aliphatic heterocycles. The van der Waals surface area contributed by atoms with Gasteiger partial charge >= 0.3 is 5.97 Å². The largest absolute Gasteiger partial charge is 0.496 e. The molecular weight excluding hydrogens is 199 g/mol. The van der Waals surface area contributed by atoms with E-state index in [1.165, 1.54) is 19.2 Å². The van der Waals surface area contributed by atoms with Gasteiger partial charge in [0, 0.05) is 5.56 Å². The maximum atomic E-state index is 13.3. The minimum Gasteiger partial charge on any atom is -0.496 e. The van der Waals surface area contributed by atoms with Gasteiger partial charge in [0.2, 0.25) is 0 Å². The van der Waals surface area contributed by atoms with Crippen molar-refractivity contribution >= 4 is 5.97 Å². The molecule has 15 heavy (non-hydrogen) atoms. The van der Waals surface area contributed by atoms with Crippen LogP contribution in [0.25, 0.3) is 0 Å². The summed E-state index contributed by atoms with van der Waals surface area (Å²) in [6, 6.07) is 4.43. The van der Waals surface area contributed by atoms with Gasteiger partial charge in [-0.3, -0.25) is 4.79 Å². The maximum absolute atomic E-state index is 13.3. The van der Waals surface area contributed by atoms with Crippen LogP contribution in [-0.2, 0) is 16.0 Å². The molecule has 0 aliphatic rings. The quantitative estimate of drug-likeness (QED) is 0.715. The van der Waals surface area contributed by atoms with Crippen molar-refractivity contribution < 1.29 is 18.7 Å². The smallest absolute Gasteiger partial charge is 0.310 e. The first kappa shape index (κ1) is 11.5. The monoisotopic (exact) mass is 212 g/mol. The Kier molecular flexibility index (Phi) is 4.09. The number of hydrogen-bond acceptors (Lipinski definition) is 3. The molecule has 0 spiro atoms. The maximum Gasteiger partial charge on any atom is 0.310 e. The molecule has 0 unspecified atom stereocenters. The number of carbonyl (C=O) groups is 1. The first-order chi connectivity index (χ1) is 7.19. The number of rotatable bonds is 4. The van der Waals surface area contributed by atoms with E-state index >= 15 is 0 Å². The highest BCUT2D eigenvalue weighted by Crippen LogP contribution is 2.21. The minimum atomic E-state index is -0.457. The van der Waals surface area contributed by atoms with Crippen molar-refractivity contribution in [3.63, 3.8) is 0 Å². The number of halogens is 1. The van der Waals surface area contributed by atoms with E-state index in [4.69, 9.17) is 9.47 Å². The van der Waals surface area contributed by atoms with Gasteiger partial charge in [0.15, 0.2) is 0 Å². The van der Waals surface area contributed by atoms with E-state index in [9.17, 15) is 9.18 Å². The van der Waals surface area contributed by atoms with Crippen LogP contribution in [0.15, 0.2) is 18.2 Å². The lowest BCUT2D eigenvalue weighted by atomic mass is 10.1. The zero-order valence-electron chi connectivity index (χ0n) is 8.75. The lowest BCUT2D eigenvalue weighted by Crippen LogP contribution is -2.09. The Morgan fingerprint density at radius 1 is 1.47 bits per heavy atom. The van der Waals surface area contributed by atoms with Gasteiger partial charge in [-0.15, -0.1) is 0 Å². The van der Waals surface area contributed by atoms with Crippen molar-refractivity contribution in [2.75, 3.05) is 13.7 Å². The molecule has 0 atom stereocenters. The van der Waals surface area contributed by atoms with Crippen LogP contribution in [-0.4, -0.2) is 19.7 Å². The molecule has 0 aromatic heterocycles. The standard InChI is InChI=1S/C11H13FO3/c1-3-15-11(13)7-8-9(12)5-4-6-10(8)14-2/h4-6H,3,7H2,1-2H3. The Bertz CT molecular complexity index is 350. The lowest BCUT2D eigenvalue weighted by Gasteiger charge is -2.08. The molecule has 0 saturated carbocycles. The van der Waals surface area contributed by atoms with Crippen molar-refractivity contribution in [1.82, 2.24) is 0 Å². The third kappa shape index (κ3) is 2.94. The second kappa shape index (κ2) is 5.34. The molecule has 0 bridgehead atoms. The number of hydrogen-bond donors (Lipinski definition) is 0. The van der Waals surface area contributed by atoms with Crippen molar-refractivity contribution in [2.45, 2.75) is 13.3 Å². The van der Waals surface area contributed by atoms with Gasteiger partial charge < -0.3 is 9.47 Å². The van der Waals surface area contributed by atoms with Crippen LogP contribution >= 0.6 is 0 Å². The Balaban J connectivity index is 2.87. The van der Waals surface area contributed by atoms with Gasteiger partial charge in [0.05, 0.1) is 20.1 Å². The van der Waals surface area contributed by atoms with Crippen LogP contribution in [0.3, 0.4) is 0 Å². The fraction of sp³-hybridized carbons (Fsp3) is 0.364. The van der Waals surface area contributed by atoms with E-state index in [2.05, 4.69) is 0 Å². The Hall–Kier alpha value is -1.58. The fourth-order valence-corrected chi connectivity index (χ4v) is 1.26. The van der Waals surface area contributed by atoms with Crippen molar-refractivity contribution in [2.24, 2.45) is 0 Å². The summed E-state index contributed by atoms with van der Waals surface area (Å²) in [4.78, 5) is 11.2. The highest BCUT2D eigenvalue weighted by molar-refractivity contribution is 5.73. The van der Waals surface area contributed by atoms with Gasteiger partial charge in [-0.2, -0.15) is 0 Å². The SMILES string of the molecule is CCOC(=O)Cc1c(F)cccc1OC. The molecule has 3 nitrogen and oxygen atoms in total. The molecule has 0 heterocycles. The molecule has 0 aliphatic carbocycles. The predicted octanol–water partition coefficient (Wildman–Crippen LogP) is 1.94. The molecule has 82 valence electrons. The third-order valence-electron chi connectivity index (χ3n) is 1.92. The van der Waals surface area contributed by atoms with Crippen LogP contribution in [0.2, 0.25) is 0 Å². The third-order valence-corrected chi connectivity index (χ3v) is 1.92. The zero-order chi connectivity index (χ0) is 11.3. The number of methoxy groups -OCH3 is 1. The Labute approximate surface area is 87.8 Å². The molecule has 1 rings (SSSR count). The van der Waals surface area contributed by atoms with E-state index in [1.54, 1.807) is 13.0 Å².